The average Bonchev–Trinajstić information content (AvgIpc) is 2.81. The monoisotopic (exact) mass is 279 g/mol. The molecule has 0 amide bonds. The van der Waals surface area contributed by atoms with Crippen molar-refractivity contribution in [3.8, 4) is 0 Å². The number of halogens is 1. The molecule has 1 heterocycles. The average molecular weight is 279 g/mol. The van der Waals surface area contributed by atoms with Crippen molar-refractivity contribution in [2.24, 2.45) is 0 Å². The Balaban J connectivity index is 2.07. The van der Waals surface area contributed by atoms with Crippen molar-refractivity contribution in [1.29, 1.82) is 0 Å². The highest BCUT2D eigenvalue weighted by Gasteiger charge is 2.12. The first kappa shape index (κ1) is 14.5. The van der Waals surface area contributed by atoms with Gasteiger partial charge in [-0.15, -0.1) is 11.3 Å². The molecule has 0 aliphatic heterocycles. The van der Waals surface area contributed by atoms with E-state index in [2.05, 4.69) is 18.3 Å². The molecule has 1 atom stereocenters. The van der Waals surface area contributed by atoms with Crippen LogP contribution in [-0.2, 0) is 0 Å². The molecular weight excluding hydrogens is 257 g/mol. The van der Waals surface area contributed by atoms with Gasteiger partial charge in [0.15, 0.2) is 0 Å². The van der Waals surface area contributed by atoms with Crippen LogP contribution >= 0.6 is 11.3 Å². The highest BCUT2D eigenvalue weighted by Crippen LogP contribution is 2.32. The second-order valence-electron chi connectivity index (χ2n) is 5.02. The molecule has 1 aromatic heterocycles. The minimum atomic E-state index is -0.148. The van der Waals surface area contributed by atoms with Gasteiger partial charge in [-0.3, -0.25) is 0 Å². The zero-order valence-corrected chi connectivity index (χ0v) is 12.5. The van der Waals surface area contributed by atoms with Gasteiger partial charge in [0, 0.05) is 15.6 Å². The third-order valence-electron chi connectivity index (χ3n) is 3.54. The van der Waals surface area contributed by atoms with E-state index in [0.29, 0.717) is 6.04 Å². The van der Waals surface area contributed by atoms with Crippen molar-refractivity contribution in [3.63, 3.8) is 0 Å². The molecule has 1 aromatic carbocycles. The quantitative estimate of drug-likeness (QED) is 0.681. The van der Waals surface area contributed by atoms with E-state index in [1.807, 2.05) is 13.1 Å². The Morgan fingerprint density at radius 2 is 2.05 bits per heavy atom. The number of unbranched alkanes of at least 4 members (excludes halogenated alkanes) is 3. The van der Waals surface area contributed by atoms with Crippen LogP contribution in [0.5, 0.6) is 0 Å². The maximum absolute atomic E-state index is 13.2. The maximum Gasteiger partial charge on any atom is 0.124 e. The highest BCUT2D eigenvalue weighted by atomic mass is 32.1. The lowest BCUT2D eigenvalue weighted by Gasteiger charge is -2.13. The van der Waals surface area contributed by atoms with E-state index in [-0.39, 0.29) is 5.82 Å². The van der Waals surface area contributed by atoms with Crippen LogP contribution < -0.4 is 5.32 Å². The number of hydrogen-bond acceptors (Lipinski definition) is 2. The van der Waals surface area contributed by atoms with Crippen LogP contribution in [0.4, 0.5) is 4.39 Å². The molecule has 0 fully saturated rings. The summed E-state index contributed by atoms with van der Waals surface area (Å²) in [5.41, 5.74) is 0. The van der Waals surface area contributed by atoms with Gasteiger partial charge in [-0.1, -0.05) is 38.7 Å². The van der Waals surface area contributed by atoms with Crippen molar-refractivity contribution in [1.82, 2.24) is 5.32 Å². The van der Waals surface area contributed by atoms with Gasteiger partial charge < -0.3 is 5.32 Å². The summed E-state index contributed by atoms with van der Waals surface area (Å²) in [6.45, 7) is 2.23. The molecule has 0 saturated heterocycles. The second-order valence-corrected chi connectivity index (χ2v) is 6.14. The largest absolute Gasteiger partial charge is 0.312 e. The summed E-state index contributed by atoms with van der Waals surface area (Å²) < 4.78 is 14.3. The van der Waals surface area contributed by atoms with Crippen LogP contribution in [0.3, 0.4) is 0 Å². The fourth-order valence-electron chi connectivity index (χ4n) is 2.40. The Hall–Kier alpha value is -0.930. The molecule has 0 saturated carbocycles. The molecule has 1 nitrogen and oxygen atoms in total. The number of rotatable bonds is 7. The summed E-state index contributed by atoms with van der Waals surface area (Å²) in [5.74, 6) is -0.148. The molecule has 0 bridgehead atoms. The minimum absolute atomic E-state index is 0.148. The lowest BCUT2D eigenvalue weighted by Crippen LogP contribution is -2.14. The Morgan fingerprint density at radius 3 is 2.79 bits per heavy atom. The lowest BCUT2D eigenvalue weighted by atomic mass is 10.1. The molecule has 1 N–H and O–H groups in total. The Bertz CT molecular complexity index is 520. The predicted molar refractivity (Wildman–Crippen MR) is 82.3 cm³/mol. The molecule has 2 rings (SSSR count). The fraction of sp³-hybridized carbons (Fsp3) is 0.500. The van der Waals surface area contributed by atoms with Gasteiger partial charge in [0.25, 0.3) is 0 Å². The van der Waals surface area contributed by atoms with Crippen LogP contribution in [0, 0.1) is 5.82 Å². The zero-order valence-electron chi connectivity index (χ0n) is 11.7. The number of hydrogen-bond donors (Lipinski definition) is 1. The third kappa shape index (κ3) is 3.77. The maximum atomic E-state index is 13.2. The van der Waals surface area contributed by atoms with Gasteiger partial charge in [-0.05, 0) is 37.1 Å². The molecule has 0 aliphatic rings. The molecule has 0 radical (unpaired) electrons. The molecule has 0 aliphatic carbocycles. The molecule has 104 valence electrons. The van der Waals surface area contributed by atoms with E-state index in [1.165, 1.54) is 36.6 Å². The van der Waals surface area contributed by atoms with E-state index < -0.39 is 0 Å². The van der Waals surface area contributed by atoms with E-state index in [1.54, 1.807) is 17.4 Å². The number of benzene rings is 1. The van der Waals surface area contributed by atoms with Crippen molar-refractivity contribution in [2.75, 3.05) is 7.05 Å². The van der Waals surface area contributed by atoms with E-state index in [4.69, 9.17) is 0 Å². The standard InChI is InChI=1S/C16H22FNS/c1-3-4-5-6-7-14(18-2)16-10-12-8-9-13(17)11-15(12)19-16/h8-11,14,18H,3-7H2,1-2H3. The molecule has 1 unspecified atom stereocenters. The third-order valence-corrected chi connectivity index (χ3v) is 4.75. The summed E-state index contributed by atoms with van der Waals surface area (Å²) in [6, 6.07) is 7.63. The van der Waals surface area contributed by atoms with Crippen LogP contribution in [0.1, 0.15) is 49.9 Å². The van der Waals surface area contributed by atoms with Gasteiger partial charge in [0.2, 0.25) is 0 Å². The first-order valence-corrected chi connectivity index (χ1v) is 7.92. The van der Waals surface area contributed by atoms with Gasteiger partial charge in [0.05, 0.1) is 0 Å². The van der Waals surface area contributed by atoms with Crippen LogP contribution in [-0.4, -0.2) is 7.05 Å². The normalized spacial score (nSPS) is 13.0. The first-order chi connectivity index (χ1) is 9.24. The van der Waals surface area contributed by atoms with E-state index in [0.717, 1.165) is 16.5 Å². The molecular formula is C16H22FNS. The van der Waals surface area contributed by atoms with E-state index >= 15 is 0 Å². The predicted octanol–water partition coefficient (Wildman–Crippen LogP) is 5.27. The zero-order chi connectivity index (χ0) is 13.7. The number of thiophene rings is 1. The first-order valence-electron chi connectivity index (χ1n) is 7.11. The fourth-order valence-corrected chi connectivity index (χ4v) is 3.64. The van der Waals surface area contributed by atoms with Gasteiger partial charge in [-0.25, -0.2) is 4.39 Å². The molecule has 2 aromatic rings. The van der Waals surface area contributed by atoms with E-state index in [9.17, 15) is 4.39 Å². The minimum Gasteiger partial charge on any atom is -0.312 e. The summed E-state index contributed by atoms with van der Waals surface area (Å²) in [5, 5.41) is 4.54. The van der Waals surface area contributed by atoms with Crippen LogP contribution in [0.2, 0.25) is 0 Å². The van der Waals surface area contributed by atoms with Gasteiger partial charge in [-0.2, -0.15) is 0 Å². The SMILES string of the molecule is CCCCCCC(NC)c1cc2ccc(F)cc2s1. The second kappa shape index (κ2) is 7.01. The van der Waals surface area contributed by atoms with Crippen molar-refractivity contribution >= 4 is 21.4 Å². The summed E-state index contributed by atoms with van der Waals surface area (Å²) in [6.07, 6.45) is 6.29. The van der Waals surface area contributed by atoms with Crippen molar-refractivity contribution < 1.29 is 4.39 Å². The summed E-state index contributed by atoms with van der Waals surface area (Å²) >= 11 is 1.71. The number of nitrogens with one attached hydrogen (secondary N) is 1. The molecule has 3 heteroatoms. The highest BCUT2D eigenvalue weighted by molar-refractivity contribution is 7.19. The van der Waals surface area contributed by atoms with Gasteiger partial charge >= 0.3 is 0 Å². The number of fused-ring (bicyclic) bond motifs is 1. The van der Waals surface area contributed by atoms with Crippen LogP contribution in [0.15, 0.2) is 24.3 Å². The Morgan fingerprint density at radius 1 is 1.21 bits per heavy atom. The van der Waals surface area contributed by atoms with Gasteiger partial charge in [0.1, 0.15) is 5.82 Å². The van der Waals surface area contributed by atoms with Crippen molar-refractivity contribution in [3.05, 3.63) is 35.0 Å². The topological polar surface area (TPSA) is 12.0 Å². The smallest absolute Gasteiger partial charge is 0.124 e. The van der Waals surface area contributed by atoms with Crippen LogP contribution in [0.25, 0.3) is 10.1 Å². The molecule has 0 spiro atoms. The summed E-state index contributed by atoms with van der Waals surface area (Å²) in [7, 11) is 2.01. The Kier molecular flexibility index (Phi) is 5.34. The van der Waals surface area contributed by atoms with Crippen molar-refractivity contribution in [2.45, 2.75) is 45.1 Å². The molecule has 19 heavy (non-hydrogen) atoms. The Labute approximate surface area is 118 Å². The lowest BCUT2D eigenvalue weighted by molar-refractivity contribution is 0.511. The summed E-state index contributed by atoms with van der Waals surface area (Å²) in [4.78, 5) is 1.32.